The van der Waals surface area contributed by atoms with Crippen LogP contribution < -0.4 is 10.0 Å². The molecule has 0 atom stereocenters. The number of anilines is 2. The van der Waals surface area contributed by atoms with E-state index < -0.39 is 10.0 Å². The lowest BCUT2D eigenvalue weighted by Gasteiger charge is -2.05. The van der Waals surface area contributed by atoms with E-state index in [0.717, 1.165) is 21.6 Å². The van der Waals surface area contributed by atoms with Gasteiger partial charge in [-0.25, -0.2) is 13.4 Å². The number of amides is 1. The van der Waals surface area contributed by atoms with E-state index in [-0.39, 0.29) is 10.1 Å². The van der Waals surface area contributed by atoms with E-state index in [9.17, 15) is 13.2 Å². The van der Waals surface area contributed by atoms with Gasteiger partial charge in [-0.05, 0) is 48.7 Å². The third-order valence-electron chi connectivity index (χ3n) is 3.93. The molecule has 0 fully saturated rings. The molecule has 0 unspecified atom stereocenters. The van der Waals surface area contributed by atoms with Crippen LogP contribution in [0.1, 0.15) is 15.9 Å². The number of aromatic nitrogens is 1. The average molecular weight is 430 g/mol. The summed E-state index contributed by atoms with van der Waals surface area (Å²) < 4.78 is 28.4. The van der Waals surface area contributed by atoms with E-state index >= 15 is 0 Å². The van der Waals surface area contributed by atoms with E-state index in [0.29, 0.717) is 21.9 Å². The Balaban J connectivity index is 1.55. The van der Waals surface area contributed by atoms with Gasteiger partial charge in [0.2, 0.25) is 0 Å². The predicted molar refractivity (Wildman–Crippen MR) is 114 cm³/mol. The van der Waals surface area contributed by atoms with Crippen LogP contribution in [-0.4, -0.2) is 19.3 Å². The van der Waals surface area contributed by atoms with Crippen molar-refractivity contribution in [2.75, 3.05) is 10.0 Å². The van der Waals surface area contributed by atoms with Gasteiger partial charge in [-0.15, -0.1) is 11.3 Å². The minimum Gasteiger partial charge on any atom is -0.298 e. The molecule has 28 heavy (non-hydrogen) atoms. The van der Waals surface area contributed by atoms with Crippen LogP contribution in [0.25, 0.3) is 10.2 Å². The molecule has 0 saturated heterocycles. The molecule has 4 rings (SSSR count). The third-order valence-corrected chi connectivity index (χ3v) is 7.66. The zero-order valence-electron chi connectivity index (χ0n) is 14.7. The Morgan fingerprint density at radius 1 is 1.07 bits per heavy atom. The lowest BCUT2D eigenvalue weighted by atomic mass is 10.1. The first kappa shape index (κ1) is 18.6. The highest BCUT2D eigenvalue weighted by molar-refractivity contribution is 7.94. The Labute approximate surface area is 169 Å². The van der Waals surface area contributed by atoms with Crippen molar-refractivity contribution >= 4 is 59.6 Å². The van der Waals surface area contributed by atoms with Crippen molar-refractivity contribution in [1.82, 2.24) is 4.98 Å². The van der Waals surface area contributed by atoms with Crippen LogP contribution in [-0.2, 0) is 10.0 Å². The highest BCUT2D eigenvalue weighted by atomic mass is 32.2. The number of thiazole rings is 1. The predicted octanol–water partition coefficient (Wildman–Crippen LogP) is 4.72. The van der Waals surface area contributed by atoms with Crippen LogP contribution in [0.2, 0.25) is 0 Å². The van der Waals surface area contributed by atoms with Crippen LogP contribution in [0.5, 0.6) is 0 Å². The van der Waals surface area contributed by atoms with E-state index in [1.54, 1.807) is 47.8 Å². The Bertz CT molecular complexity index is 1240. The average Bonchev–Trinajstić information content (AvgIpc) is 3.31. The molecule has 0 aliphatic heterocycles. The Morgan fingerprint density at radius 2 is 1.86 bits per heavy atom. The molecular weight excluding hydrogens is 414 g/mol. The largest absolute Gasteiger partial charge is 0.298 e. The summed E-state index contributed by atoms with van der Waals surface area (Å²) in [6.45, 7) is 1.96. The summed E-state index contributed by atoms with van der Waals surface area (Å²) in [4.78, 5) is 16.8. The monoisotopic (exact) mass is 429 g/mol. The van der Waals surface area contributed by atoms with Crippen LogP contribution in [0, 0.1) is 6.92 Å². The van der Waals surface area contributed by atoms with Crippen molar-refractivity contribution in [3.05, 3.63) is 71.1 Å². The summed E-state index contributed by atoms with van der Waals surface area (Å²) in [6, 6.07) is 15.6. The fourth-order valence-corrected chi connectivity index (χ4v) is 5.42. The van der Waals surface area contributed by atoms with E-state index in [4.69, 9.17) is 0 Å². The summed E-state index contributed by atoms with van der Waals surface area (Å²) in [6.07, 6.45) is 0. The highest BCUT2D eigenvalue weighted by Gasteiger charge is 2.16. The van der Waals surface area contributed by atoms with Crippen LogP contribution in [0.3, 0.4) is 0 Å². The van der Waals surface area contributed by atoms with Crippen molar-refractivity contribution in [1.29, 1.82) is 0 Å². The number of hydrogen-bond acceptors (Lipinski definition) is 6. The standard InChI is InChI=1S/C19H15N3O3S3/c1-12-4-6-13(7-5-12)18(23)21-19-20-15-11-14(8-9-16(15)27-19)22-28(24,25)17-3-2-10-26-17/h2-11,22H,1H3,(H,20,21,23). The fraction of sp³-hybridized carbons (Fsp3) is 0.0526. The summed E-state index contributed by atoms with van der Waals surface area (Å²) in [7, 11) is -3.62. The number of fused-ring (bicyclic) bond motifs is 1. The number of rotatable bonds is 5. The Kier molecular flexibility index (Phi) is 4.88. The smallest absolute Gasteiger partial charge is 0.271 e. The molecule has 2 N–H and O–H groups in total. The topological polar surface area (TPSA) is 88.2 Å². The maximum absolute atomic E-state index is 12.4. The van der Waals surface area contributed by atoms with Gasteiger partial charge >= 0.3 is 0 Å². The lowest BCUT2D eigenvalue weighted by molar-refractivity contribution is 0.102. The SMILES string of the molecule is Cc1ccc(C(=O)Nc2nc3cc(NS(=O)(=O)c4cccs4)ccc3s2)cc1. The van der Waals surface area contributed by atoms with Crippen molar-refractivity contribution in [3.8, 4) is 0 Å². The molecule has 9 heteroatoms. The molecule has 142 valence electrons. The van der Waals surface area contributed by atoms with Crippen molar-refractivity contribution in [2.24, 2.45) is 0 Å². The Hall–Kier alpha value is -2.75. The number of sulfonamides is 1. The van der Waals surface area contributed by atoms with Crippen LogP contribution >= 0.6 is 22.7 Å². The molecule has 2 aromatic carbocycles. The van der Waals surface area contributed by atoms with Crippen LogP contribution in [0.15, 0.2) is 64.2 Å². The van der Waals surface area contributed by atoms with Crippen LogP contribution in [0.4, 0.5) is 10.8 Å². The van der Waals surface area contributed by atoms with Gasteiger partial charge in [-0.1, -0.05) is 35.1 Å². The van der Waals surface area contributed by atoms with E-state index in [1.165, 1.54) is 11.3 Å². The second-order valence-electron chi connectivity index (χ2n) is 6.06. The van der Waals surface area contributed by atoms with Gasteiger partial charge in [0.25, 0.3) is 15.9 Å². The van der Waals surface area contributed by atoms with Gasteiger partial charge in [-0.2, -0.15) is 0 Å². The number of carbonyl (C=O) groups is 1. The molecule has 0 bridgehead atoms. The second-order valence-corrected chi connectivity index (χ2v) is 9.95. The molecule has 0 spiro atoms. The normalized spacial score (nSPS) is 11.5. The maximum Gasteiger partial charge on any atom is 0.271 e. The van der Waals surface area contributed by atoms with Gasteiger partial charge < -0.3 is 0 Å². The zero-order chi connectivity index (χ0) is 19.7. The van der Waals surface area contributed by atoms with Crippen molar-refractivity contribution in [2.45, 2.75) is 11.1 Å². The third kappa shape index (κ3) is 3.91. The number of benzene rings is 2. The number of nitrogens with one attached hydrogen (secondary N) is 2. The first-order valence-corrected chi connectivity index (χ1v) is 11.4. The molecule has 6 nitrogen and oxygen atoms in total. The first-order valence-electron chi connectivity index (χ1n) is 8.26. The molecular formula is C19H15N3O3S3. The second kappa shape index (κ2) is 7.34. The molecule has 4 aromatic rings. The van der Waals surface area contributed by atoms with Gasteiger partial charge in [0.05, 0.1) is 15.9 Å². The molecule has 0 saturated carbocycles. The van der Waals surface area contributed by atoms with Gasteiger partial charge in [0.1, 0.15) is 4.21 Å². The number of nitrogens with zero attached hydrogens (tertiary/aromatic N) is 1. The lowest BCUT2D eigenvalue weighted by Crippen LogP contribution is -2.11. The summed E-state index contributed by atoms with van der Waals surface area (Å²) in [5, 5.41) is 4.96. The Morgan fingerprint density at radius 3 is 2.57 bits per heavy atom. The number of carbonyl (C=O) groups excluding carboxylic acids is 1. The van der Waals surface area contributed by atoms with Crippen molar-refractivity contribution < 1.29 is 13.2 Å². The minimum atomic E-state index is -3.62. The van der Waals surface area contributed by atoms with Gasteiger partial charge in [-0.3, -0.25) is 14.8 Å². The summed E-state index contributed by atoms with van der Waals surface area (Å²) >= 11 is 2.48. The van der Waals surface area contributed by atoms with E-state index in [2.05, 4.69) is 15.0 Å². The number of aryl methyl sites for hydroxylation is 1. The molecule has 0 radical (unpaired) electrons. The molecule has 0 aliphatic carbocycles. The number of thiophene rings is 1. The van der Waals surface area contributed by atoms with Gasteiger partial charge in [0.15, 0.2) is 5.13 Å². The summed E-state index contributed by atoms with van der Waals surface area (Å²) in [5.74, 6) is -0.238. The van der Waals surface area contributed by atoms with Gasteiger partial charge in [0, 0.05) is 5.56 Å². The van der Waals surface area contributed by atoms with E-state index in [1.807, 2.05) is 19.1 Å². The zero-order valence-corrected chi connectivity index (χ0v) is 17.1. The highest BCUT2D eigenvalue weighted by Crippen LogP contribution is 2.29. The first-order chi connectivity index (χ1) is 13.4. The quantitative estimate of drug-likeness (QED) is 0.480. The molecule has 1 amide bonds. The maximum atomic E-state index is 12.4. The molecule has 0 aliphatic rings. The number of hydrogen-bond donors (Lipinski definition) is 2. The molecule has 2 aromatic heterocycles. The summed E-state index contributed by atoms with van der Waals surface area (Å²) in [5.41, 5.74) is 2.65. The fourth-order valence-electron chi connectivity index (χ4n) is 2.54. The van der Waals surface area contributed by atoms with Crippen molar-refractivity contribution in [3.63, 3.8) is 0 Å². The minimum absolute atomic E-state index is 0.238. The molecule has 2 heterocycles.